The Morgan fingerprint density at radius 3 is 2.27 bits per heavy atom. The molecule has 4 aromatic rings. The van der Waals surface area contributed by atoms with E-state index in [4.69, 9.17) is 21.1 Å². The topological polar surface area (TPSA) is 170 Å². The molecule has 0 aromatic heterocycles. The maximum Gasteiger partial charge on any atom is 0.410 e. The van der Waals surface area contributed by atoms with Crippen molar-refractivity contribution in [3.05, 3.63) is 129 Å². The number of nitrogens with one attached hydrogen (secondary N) is 2. The number of benzene rings is 4. The number of amides is 2. The van der Waals surface area contributed by atoms with Crippen LogP contribution in [0.2, 0.25) is 5.02 Å². The minimum Gasteiger partial charge on any atom is -0.444 e. The number of thioether (sulfide) groups is 1. The molecular formula is C56H73ClN8O8S2. The van der Waals surface area contributed by atoms with Gasteiger partial charge in [-0.1, -0.05) is 54.4 Å². The Kier molecular flexibility index (Phi) is 18.9. The van der Waals surface area contributed by atoms with Gasteiger partial charge in [-0.3, -0.25) is 24.7 Å². The van der Waals surface area contributed by atoms with Crippen molar-refractivity contribution in [1.82, 2.24) is 24.3 Å². The number of nitrogens with zero attached hydrogens (tertiary/aromatic N) is 6. The maximum absolute atomic E-state index is 13.6. The van der Waals surface area contributed by atoms with Gasteiger partial charge in [-0.15, -0.1) is 11.8 Å². The third-order valence-corrected chi connectivity index (χ3v) is 17.3. The van der Waals surface area contributed by atoms with E-state index in [1.807, 2.05) is 80.3 Å². The zero-order valence-electron chi connectivity index (χ0n) is 43.8. The molecule has 8 rings (SSSR count). The van der Waals surface area contributed by atoms with Crippen LogP contribution in [0.25, 0.3) is 5.57 Å². The maximum atomic E-state index is 13.6. The number of ether oxygens (including phenoxy) is 2. The van der Waals surface area contributed by atoms with Crippen LogP contribution in [-0.2, 0) is 19.5 Å². The van der Waals surface area contributed by atoms with E-state index in [1.165, 1.54) is 28.8 Å². The van der Waals surface area contributed by atoms with Gasteiger partial charge in [-0.05, 0) is 130 Å². The number of hydrogen-bond acceptors (Lipinski definition) is 14. The number of carbonyl (C=O) groups excluding carboxylic acids is 2. The van der Waals surface area contributed by atoms with E-state index in [0.717, 1.165) is 121 Å². The zero-order chi connectivity index (χ0) is 53.2. The summed E-state index contributed by atoms with van der Waals surface area (Å²) in [4.78, 5) is 50.2. The average molecular weight is 1090 g/mol. The largest absolute Gasteiger partial charge is 0.444 e. The van der Waals surface area contributed by atoms with Gasteiger partial charge >= 0.3 is 6.09 Å². The molecule has 4 aliphatic rings. The normalized spacial score (nSPS) is 20.1. The monoisotopic (exact) mass is 1080 g/mol. The molecule has 16 nitrogen and oxygen atoms in total. The molecule has 3 fully saturated rings. The number of nitro groups is 1. The summed E-state index contributed by atoms with van der Waals surface area (Å²) in [7, 11) is -4.48. The lowest BCUT2D eigenvalue weighted by atomic mass is 9.71. The number of halogens is 1. The van der Waals surface area contributed by atoms with Crippen LogP contribution in [0.15, 0.2) is 112 Å². The number of nitro benzene ring substituents is 1. The van der Waals surface area contributed by atoms with E-state index in [1.54, 1.807) is 23.9 Å². The SMILES string of the molecule is CC(C)(C)OC(=O)N1CCN(C[C@]2(C)CCC(c3ccc(Cl)cc3)=C(CN3CCN(c4ccc(C(=O)NS(=O)(=O)c5ccc(N[C@H](CCN6CCCOCC6)CSc6ccccc6)c([N+](=O)[O-])c5)cc4)CC3)C2)CC1. The van der Waals surface area contributed by atoms with Crippen LogP contribution in [0, 0.1) is 15.5 Å². The lowest BCUT2D eigenvalue weighted by Crippen LogP contribution is -2.52. The average Bonchev–Trinajstić information content (AvgIpc) is 3.67. The fourth-order valence-electron chi connectivity index (χ4n) is 10.5. The number of anilines is 2. The van der Waals surface area contributed by atoms with Crippen molar-refractivity contribution in [2.45, 2.75) is 81.2 Å². The summed E-state index contributed by atoms with van der Waals surface area (Å²) in [6.45, 7) is 20.0. The molecule has 2 N–H and O–H groups in total. The number of carbonyl (C=O) groups is 2. The molecule has 3 heterocycles. The molecule has 4 aromatic carbocycles. The molecule has 0 unspecified atom stereocenters. The Hall–Kier alpha value is -5.21. The van der Waals surface area contributed by atoms with Crippen molar-refractivity contribution in [3.63, 3.8) is 0 Å². The molecule has 19 heteroatoms. The number of allylic oxidation sites excluding steroid dienone is 1. The molecule has 0 bridgehead atoms. The minimum atomic E-state index is -4.48. The number of piperazine rings is 2. The molecule has 2 amide bonds. The van der Waals surface area contributed by atoms with Crippen molar-refractivity contribution in [3.8, 4) is 0 Å². The van der Waals surface area contributed by atoms with Gasteiger partial charge < -0.3 is 29.5 Å². The lowest BCUT2D eigenvalue weighted by molar-refractivity contribution is -0.384. The smallest absolute Gasteiger partial charge is 0.410 e. The Morgan fingerprint density at radius 1 is 0.867 bits per heavy atom. The van der Waals surface area contributed by atoms with Crippen LogP contribution in [0.5, 0.6) is 0 Å². The Labute approximate surface area is 452 Å². The highest BCUT2D eigenvalue weighted by molar-refractivity contribution is 7.99. The Bertz CT molecular complexity index is 2720. The van der Waals surface area contributed by atoms with Crippen LogP contribution in [0.4, 0.5) is 21.9 Å². The molecule has 3 saturated heterocycles. The molecule has 0 spiro atoms. The highest BCUT2D eigenvalue weighted by Crippen LogP contribution is 2.44. The van der Waals surface area contributed by atoms with Crippen molar-refractivity contribution >= 4 is 68.0 Å². The van der Waals surface area contributed by atoms with Crippen molar-refractivity contribution < 1.29 is 32.4 Å². The Morgan fingerprint density at radius 2 is 1.57 bits per heavy atom. The van der Waals surface area contributed by atoms with E-state index >= 15 is 0 Å². The molecule has 404 valence electrons. The second kappa shape index (κ2) is 25.3. The third kappa shape index (κ3) is 15.9. The van der Waals surface area contributed by atoms with Gasteiger partial charge in [0.25, 0.3) is 21.6 Å². The first-order valence-corrected chi connectivity index (χ1v) is 29.1. The molecule has 0 saturated carbocycles. The standard InChI is InChI=1S/C56H73ClN8O8S2/c1-55(2,3)73-54(67)64-32-28-62(29-33-64)41-56(4)23-21-50(42-11-15-45(57)16-12-42)44(38-56)39-61-26-30-63(31-27-61)47-17-13-43(14-18-47)53(66)59-75(70,71)49-19-20-51(52(37-49)65(68)69)58-46(40-74-48-9-6-5-7-10-48)22-25-60-24-8-35-72-36-34-60/h5-7,9-20,37,46,58H,8,21-36,38-41H2,1-4H3,(H,59,66)/t46-,56-/m1/s1. The summed E-state index contributed by atoms with van der Waals surface area (Å²) in [5.74, 6) is -0.205. The second-order valence-corrected chi connectivity index (χ2v) is 24.8. The second-order valence-electron chi connectivity index (χ2n) is 21.6. The summed E-state index contributed by atoms with van der Waals surface area (Å²) >= 11 is 7.98. The predicted molar refractivity (Wildman–Crippen MR) is 298 cm³/mol. The number of sulfonamides is 1. The van der Waals surface area contributed by atoms with Crippen LogP contribution in [0.1, 0.15) is 75.7 Å². The van der Waals surface area contributed by atoms with Gasteiger partial charge in [0, 0.05) is 131 Å². The summed E-state index contributed by atoms with van der Waals surface area (Å²) in [6.07, 6.45) is 4.41. The predicted octanol–water partition coefficient (Wildman–Crippen LogP) is 9.37. The van der Waals surface area contributed by atoms with Gasteiger partial charge in [0.1, 0.15) is 11.3 Å². The summed E-state index contributed by atoms with van der Waals surface area (Å²) < 4.78 is 40.7. The summed E-state index contributed by atoms with van der Waals surface area (Å²) in [6, 6.07) is 28.6. The highest BCUT2D eigenvalue weighted by Gasteiger charge is 2.36. The van der Waals surface area contributed by atoms with Gasteiger partial charge in [0.15, 0.2) is 0 Å². The van der Waals surface area contributed by atoms with E-state index < -0.39 is 32.1 Å². The first-order valence-electron chi connectivity index (χ1n) is 26.2. The molecule has 75 heavy (non-hydrogen) atoms. The molecular weight excluding hydrogens is 1010 g/mol. The zero-order valence-corrected chi connectivity index (χ0v) is 46.2. The van der Waals surface area contributed by atoms with Gasteiger partial charge in [-0.2, -0.15) is 0 Å². The molecule has 3 aliphatic heterocycles. The van der Waals surface area contributed by atoms with E-state index in [2.05, 4.69) is 48.7 Å². The van der Waals surface area contributed by atoms with E-state index in [-0.39, 0.29) is 33.7 Å². The molecule has 0 radical (unpaired) electrons. The number of rotatable bonds is 18. The quantitative estimate of drug-likeness (QED) is 0.0549. The van der Waals surface area contributed by atoms with Gasteiger partial charge in [0.2, 0.25) is 0 Å². The van der Waals surface area contributed by atoms with Crippen LogP contribution >= 0.6 is 23.4 Å². The lowest BCUT2D eigenvalue weighted by Gasteiger charge is -2.44. The van der Waals surface area contributed by atoms with Crippen LogP contribution < -0.4 is 14.9 Å². The number of hydrogen-bond donors (Lipinski definition) is 2. The highest BCUT2D eigenvalue weighted by atomic mass is 35.5. The fraction of sp³-hybridized carbons (Fsp3) is 0.500. The first-order chi connectivity index (χ1) is 35.9. The van der Waals surface area contributed by atoms with Crippen molar-refractivity contribution in [2.75, 3.05) is 114 Å². The van der Waals surface area contributed by atoms with Crippen molar-refractivity contribution in [2.24, 2.45) is 5.41 Å². The van der Waals surface area contributed by atoms with Crippen LogP contribution in [-0.4, -0.2) is 161 Å². The molecule has 2 atom stereocenters. The van der Waals surface area contributed by atoms with E-state index in [0.29, 0.717) is 36.9 Å². The van der Waals surface area contributed by atoms with E-state index in [9.17, 15) is 28.1 Å². The Balaban J connectivity index is 0.865. The van der Waals surface area contributed by atoms with Gasteiger partial charge in [0.05, 0.1) is 16.4 Å². The third-order valence-electron chi connectivity index (χ3n) is 14.5. The molecule has 1 aliphatic carbocycles. The summed E-state index contributed by atoms with van der Waals surface area (Å²) in [5, 5.41) is 16.5. The fourth-order valence-corrected chi connectivity index (χ4v) is 12.6. The van der Waals surface area contributed by atoms with Crippen LogP contribution in [0.3, 0.4) is 0 Å². The minimum absolute atomic E-state index is 0.0732. The van der Waals surface area contributed by atoms with Crippen molar-refractivity contribution in [1.29, 1.82) is 0 Å². The summed E-state index contributed by atoms with van der Waals surface area (Å²) in [5.41, 5.74) is 4.50. The first kappa shape index (κ1) is 56.0. The van der Waals surface area contributed by atoms with Gasteiger partial charge in [-0.25, -0.2) is 17.9 Å².